The zero-order valence-corrected chi connectivity index (χ0v) is 10.8. The van der Waals surface area contributed by atoms with Crippen molar-refractivity contribution in [2.75, 3.05) is 0 Å². The number of nitro groups is 1. The largest absolute Gasteiger partial charge is 0.426 e. The molecule has 1 aromatic carbocycles. The molecule has 0 aliphatic carbocycles. The van der Waals surface area contributed by atoms with Gasteiger partial charge in [-0.25, -0.2) is 0 Å². The first kappa shape index (κ1) is 13.6. The molecule has 92 valence electrons. The van der Waals surface area contributed by atoms with Gasteiger partial charge < -0.3 is 4.74 Å². The molecular formula is C11H12BrNO4. The number of esters is 1. The van der Waals surface area contributed by atoms with Gasteiger partial charge in [0.05, 0.1) is 4.92 Å². The highest BCUT2D eigenvalue weighted by atomic mass is 79.9. The van der Waals surface area contributed by atoms with Crippen LogP contribution in [0.2, 0.25) is 0 Å². The van der Waals surface area contributed by atoms with Crippen molar-refractivity contribution in [3.63, 3.8) is 0 Å². The number of benzene rings is 1. The monoisotopic (exact) mass is 301 g/mol. The quantitative estimate of drug-likeness (QED) is 0.275. The average molecular weight is 302 g/mol. The van der Waals surface area contributed by atoms with Crippen molar-refractivity contribution in [1.82, 2.24) is 0 Å². The minimum atomic E-state index is -0.504. The van der Waals surface area contributed by atoms with Crippen LogP contribution in [0.3, 0.4) is 0 Å². The van der Waals surface area contributed by atoms with E-state index in [1.807, 2.05) is 6.92 Å². The Hall–Kier alpha value is -1.43. The summed E-state index contributed by atoms with van der Waals surface area (Å²) in [7, 11) is 0. The fourth-order valence-electron chi connectivity index (χ4n) is 1.19. The molecule has 1 aromatic rings. The average Bonchev–Trinajstić information content (AvgIpc) is 2.30. The Morgan fingerprint density at radius 2 is 2.06 bits per heavy atom. The highest BCUT2D eigenvalue weighted by molar-refractivity contribution is 9.10. The number of non-ortho nitro benzene ring substituents is 1. The lowest BCUT2D eigenvalue weighted by atomic mass is 10.2. The van der Waals surface area contributed by atoms with Gasteiger partial charge in [0.2, 0.25) is 0 Å². The Labute approximate surface area is 107 Å². The Morgan fingerprint density at radius 1 is 1.47 bits per heavy atom. The van der Waals surface area contributed by atoms with Crippen LogP contribution in [0.25, 0.3) is 0 Å². The van der Waals surface area contributed by atoms with Gasteiger partial charge in [-0.1, -0.05) is 29.3 Å². The van der Waals surface area contributed by atoms with Crippen LogP contribution in [0.5, 0.6) is 5.75 Å². The maximum atomic E-state index is 11.5. The van der Waals surface area contributed by atoms with E-state index in [0.717, 1.165) is 6.42 Å². The molecule has 0 saturated heterocycles. The third-order valence-corrected chi connectivity index (χ3v) is 2.90. The second-order valence-corrected chi connectivity index (χ2v) is 4.53. The number of hydrogen-bond donors (Lipinski definition) is 0. The number of ether oxygens (including phenoxy) is 1. The summed E-state index contributed by atoms with van der Waals surface area (Å²) in [6, 6.07) is 5.40. The number of nitro benzene ring substituents is 1. The molecule has 0 radical (unpaired) electrons. The lowest BCUT2D eigenvalue weighted by molar-refractivity contribution is -0.384. The van der Waals surface area contributed by atoms with Crippen molar-refractivity contribution >= 4 is 27.6 Å². The van der Waals surface area contributed by atoms with Gasteiger partial charge in [-0.15, -0.1) is 0 Å². The SMILES string of the molecule is CCC[C@@H](Br)C(=O)Oc1ccc([N+](=O)[O-])cc1. The van der Waals surface area contributed by atoms with Crippen LogP contribution in [-0.4, -0.2) is 15.7 Å². The fourth-order valence-corrected chi connectivity index (χ4v) is 1.74. The van der Waals surface area contributed by atoms with Gasteiger partial charge in [0.1, 0.15) is 10.6 Å². The van der Waals surface area contributed by atoms with Crippen LogP contribution in [0.15, 0.2) is 24.3 Å². The molecule has 0 saturated carbocycles. The van der Waals surface area contributed by atoms with E-state index in [4.69, 9.17) is 4.74 Å². The van der Waals surface area contributed by atoms with E-state index in [-0.39, 0.29) is 16.5 Å². The summed E-state index contributed by atoms with van der Waals surface area (Å²) >= 11 is 3.22. The molecule has 1 atom stereocenters. The van der Waals surface area contributed by atoms with E-state index >= 15 is 0 Å². The van der Waals surface area contributed by atoms with Gasteiger partial charge >= 0.3 is 5.97 Å². The van der Waals surface area contributed by atoms with E-state index in [2.05, 4.69) is 15.9 Å². The highest BCUT2D eigenvalue weighted by Gasteiger charge is 2.16. The van der Waals surface area contributed by atoms with Crippen molar-refractivity contribution in [3.05, 3.63) is 34.4 Å². The van der Waals surface area contributed by atoms with E-state index in [1.165, 1.54) is 24.3 Å². The van der Waals surface area contributed by atoms with Crippen molar-refractivity contribution in [3.8, 4) is 5.75 Å². The van der Waals surface area contributed by atoms with Crippen LogP contribution in [0.1, 0.15) is 19.8 Å². The zero-order chi connectivity index (χ0) is 12.8. The molecule has 0 unspecified atom stereocenters. The molecule has 17 heavy (non-hydrogen) atoms. The first-order valence-corrected chi connectivity index (χ1v) is 6.06. The molecule has 0 heterocycles. The van der Waals surface area contributed by atoms with E-state index in [1.54, 1.807) is 0 Å². The predicted octanol–water partition coefficient (Wildman–Crippen LogP) is 3.06. The van der Waals surface area contributed by atoms with Gasteiger partial charge in [-0.05, 0) is 18.6 Å². The first-order chi connectivity index (χ1) is 8.04. The summed E-state index contributed by atoms with van der Waals surface area (Å²) < 4.78 is 5.06. The number of alkyl halides is 1. The predicted molar refractivity (Wildman–Crippen MR) is 66.4 cm³/mol. The van der Waals surface area contributed by atoms with Crippen LogP contribution in [0.4, 0.5) is 5.69 Å². The summed E-state index contributed by atoms with van der Waals surface area (Å²) in [6.45, 7) is 1.97. The molecule has 0 spiro atoms. The molecule has 1 rings (SSSR count). The summed E-state index contributed by atoms with van der Waals surface area (Å²) in [4.78, 5) is 21.1. The summed E-state index contributed by atoms with van der Waals surface area (Å²) in [5, 5.41) is 10.4. The smallest absolute Gasteiger partial charge is 0.325 e. The van der Waals surface area contributed by atoms with E-state index in [9.17, 15) is 14.9 Å². The molecule has 0 aliphatic rings. The van der Waals surface area contributed by atoms with Gasteiger partial charge in [-0.3, -0.25) is 14.9 Å². The van der Waals surface area contributed by atoms with Crippen molar-refractivity contribution < 1.29 is 14.5 Å². The Morgan fingerprint density at radius 3 is 2.53 bits per heavy atom. The minimum absolute atomic E-state index is 0.0336. The number of carbonyl (C=O) groups is 1. The summed E-state index contributed by atoms with van der Waals surface area (Å²) in [6.07, 6.45) is 1.55. The molecule has 0 bridgehead atoms. The second kappa shape index (κ2) is 6.34. The van der Waals surface area contributed by atoms with Crippen molar-refractivity contribution in [2.45, 2.75) is 24.6 Å². The molecule has 5 nitrogen and oxygen atoms in total. The van der Waals surface area contributed by atoms with Gasteiger partial charge in [0.25, 0.3) is 5.69 Å². The van der Waals surface area contributed by atoms with Crippen LogP contribution in [0, 0.1) is 10.1 Å². The molecule has 0 N–H and O–H groups in total. The second-order valence-electron chi connectivity index (χ2n) is 3.43. The zero-order valence-electron chi connectivity index (χ0n) is 9.26. The number of carbonyl (C=O) groups excluding carboxylic acids is 1. The normalized spacial score (nSPS) is 11.9. The molecule has 0 aromatic heterocycles. The Bertz CT molecular complexity index is 404. The lowest BCUT2D eigenvalue weighted by Crippen LogP contribution is -2.20. The lowest BCUT2D eigenvalue weighted by Gasteiger charge is -2.08. The highest BCUT2D eigenvalue weighted by Crippen LogP contribution is 2.19. The third-order valence-electron chi connectivity index (χ3n) is 2.06. The number of rotatable bonds is 5. The van der Waals surface area contributed by atoms with Crippen LogP contribution >= 0.6 is 15.9 Å². The first-order valence-electron chi connectivity index (χ1n) is 5.14. The molecule has 0 fully saturated rings. The molecular weight excluding hydrogens is 290 g/mol. The van der Waals surface area contributed by atoms with E-state index in [0.29, 0.717) is 12.2 Å². The summed E-state index contributed by atoms with van der Waals surface area (Å²) in [5.41, 5.74) is -0.0336. The minimum Gasteiger partial charge on any atom is -0.426 e. The maximum absolute atomic E-state index is 11.5. The Balaban J connectivity index is 2.63. The number of nitrogens with zero attached hydrogens (tertiary/aromatic N) is 1. The topological polar surface area (TPSA) is 69.4 Å². The molecule has 0 amide bonds. The van der Waals surface area contributed by atoms with Crippen LogP contribution in [-0.2, 0) is 4.79 Å². The maximum Gasteiger partial charge on any atom is 0.325 e. The van der Waals surface area contributed by atoms with Gasteiger partial charge in [0.15, 0.2) is 0 Å². The summed E-state index contributed by atoms with van der Waals surface area (Å²) in [5.74, 6) is -0.0816. The van der Waals surface area contributed by atoms with Crippen LogP contribution < -0.4 is 4.74 Å². The standard InChI is InChI=1S/C11H12BrNO4/c1-2-3-10(12)11(14)17-9-6-4-8(5-7-9)13(15)16/h4-7,10H,2-3H2,1H3/t10-/m1/s1. The van der Waals surface area contributed by atoms with Crippen molar-refractivity contribution in [1.29, 1.82) is 0 Å². The van der Waals surface area contributed by atoms with E-state index < -0.39 is 4.92 Å². The fraction of sp³-hybridized carbons (Fsp3) is 0.364. The van der Waals surface area contributed by atoms with Gasteiger partial charge in [0, 0.05) is 12.1 Å². The Kier molecular flexibility index (Phi) is 5.09. The van der Waals surface area contributed by atoms with Crippen molar-refractivity contribution in [2.24, 2.45) is 0 Å². The molecule has 0 aliphatic heterocycles. The number of hydrogen-bond acceptors (Lipinski definition) is 4. The van der Waals surface area contributed by atoms with Gasteiger partial charge in [-0.2, -0.15) is 0 Å². The third kappa shape index (κ3) is 4.14. The molecule has 6 heteroatoms. The number of halogens is 1.